The van der Waals surface area contributed by atoms with Crippen molar-refractivity contribution in [2.24, 2.45) is 0 Å². The topological polar surface area (TPSA) is 47.9 Å². The molecule has 2 aromatic rings. The van der Waals surface area contributed by atoms with Crippen LogP contribution in [0.15, 0.2) is 16.0 Å². The Morgan fingerprint density at radius 2 is 2.20 bits per heavy atom. The van der Waals surface area contributed by atoms with Crippen molar-refractivity contribution in [3.8, 4) is 16.6 Å². The maximum Gasteiger partial charge on any atom is 0.216 e. The molecule has 0 amide bonds. The molecule has 0 bridgehead atoms. The number of nitrogens with zero attached hydrogens (tertiary/aromatic N) is 3. The van der Waals surface area contributed by atoms with Crippen molar-refractivity contribution in [1.82, 2.24) is 15.0 Å². The molecule has 2 aromatic heterocycles. The smallest absolute Gasteiger partial charge is 0.216 e. The van der Waals surface area contributed by atoms with Crippen LogP contribution in [0.1, 0.15) is 5.82 Å². The van der Waals surface area contributed by atoms with E-state index in [9.17, 15) is 0 Å². The molecule has 0 aliphatic carbocycles. The highest BCUT2D eigenvalue weighted by molar-refractivity contribution is 9.11. The van der Waals surface area contributed by atoms with Crippen LogP contribution in [-0.2, 0) is 0 Å². The van der Waals surface area contributed by atoms with Gasteiger partial charge in [0.25, 0.3) is 0 Å². The summed E-state index contributed by atoms with van der Waals surface area (Å²) >= 11 is 4.89. The Morgan fingerprint density at radius 3 is 2.80 bits per heavy atom. The van der Waals surface area contributed by atoms with Gasteiger partial charge in [0, 0.05) is 6.07 Å². The number of methoxy groups -OCH3 is 1. The minimum Gasteiger partial charge on any atom is -0.481 e. The highest BCUT2D eigenvalue weighted by Gasteiger charge is 2.08. The van der Waals surface area contributed by atoms with Crippen molar-refractivity contribution in [1.29, 1.82) is 0 Å². The van der Waals surface area contributed by atoms with E-state index in [0.29, 0.717) is 11.7 Å². The lowest BCUT2D eigenvalue weighted by Gasteiger charge is -2.01. The average molecular weight is 286 g/mol. The summed E-state index contributed by atoms with van der Waals surface area (Å²) in [4.78, 5) is 12.6. The largest absolute Gasteiger partial charge is 0.481 e. The standard InChI is InChI=1S/C9H8BrN3OS/c1-5-12-6(3-8(13-5)14-2)9-11-4-7(10)15-9/h3-4H,1-2H3. The average Bonchev–Trinajstić information content (AvgIpc) is 2.64. The Bertz CT molecular complexity index is 486. The van der Waals surface area contributed by atoms with Crippen LogP contribution in [-0.4, -0.2) is 22.1 Å². The van der Waals surface area contributed by atoms with Crippen molar-refractivity contribution in [3.05, 3.63) is 21.9 Å². The number of aryl methyl sites for hydroxylation is 1. The first-order valence-electron chi connectivity index (χ1n) is 4.20. The zero-order valence-corrected chi connectivity index (χ0v) is 10.6. The highest BCUT2D eigenvalue weighted by atomic mass is 79.9. The van der Waals surface area contributed by atoms with Crippen LogP contribution in [0.4, 0.5) is 0 Å². The van der Waals surface area contributed by atoms with Gasteiger partial charge in [0.1, 0.15) is 16.5 Å². The number of thiazole rings is 1. The monoisotopic (exact) mass is 285 g/mol. The Labute approximate surface area is 99.5 Å². The van der Waals surface area contributed by atoms with Crippen molar-refractivity contribution in [2.45, 2.75) is 6.92 Å². The van der Waals surface area contributed by atoms with Gasteiger partial charge < -0.3 is 4.74 Å². The third-order valence-electron chi connectivity index (χ3n) is 1.72. The summed E-state index contributed by atoms with van der Waals surface area (Å²) in [7, 11) is 1.59. The molecule has 0 radical (unpaired) electrons. The van der Waals surface area contributed by atoms with Gasteiger partial charge in [0.05, 0.1) is 17.1 Å². The van der Waals surface area contributed by atoms with E-state index < -0.39 is 0 Å². The van der Waals surface area contributed by atoms with E-state index in [1.165, 1.54) is 11.3 Å². The van der Waals surface area contributed by atoms with E-state index in [4.69, 9.17) is 4.74 Å². The molecule has 6 heteroatoms. The molecule has 2 heterocycles. The molecule has 0 atom stereocenters. The fourth-order valence-electron chi connectivity index (χ4n) is 1.13. The first-order valence-corrected chi connectivity index (χ1v) is 5.81. The number of ether oxygens (including phenoxy) is 1. The lowest BCUT2D eigenvalue weighted by atomic mass is 10.4. The van der Waals surface area contributed by atoms with E-state index in [0.717, 1.165) is 14.5 Å². The predicted octanol–water partition coefficient (Wildman–Crippen LogP) is 2.68. The van der Waals surface area contributed by atoms with Gasteiger partial charge in [-0.3, -0.25) is 0 Å². The summed E-state index contributed by atoms with van der Waals surface area (Å²) in [5, 5.41) is 0.852. The Balaban J connectivity index is 2.48. The molecule has 0 aromatic carbocycles. The first kappa shape index (κ1) is 10.5. The van der Waals surface area contributed by atoms with Gasteiger partial charge in [0.2, 0.25) is 5.88 Å². The van der Waals surface area contributed by atoms with Crippen LogP contribution in [0, 0.1) is 6.92 Å². The van der Waals surface area contributed by atoms with Gasteiger partial charge in [-0.1, -0.05) is 0 Å². The third kappa shape index (κ3) is 2.32. The summed E-state index contributed by atoms with van der Waals surface area (Å²) < 4.78 is 6.06. The van der Waals surface area contributed by atoms with E-state index in [1.807, 2.05) is 6.92 Å². The number of halogens is 1. The van der Waals surface area contributed by atoms with Gasteiger partial charge in [-0.25, -0.2) is 9.97 Å². The van der Waals surface area contributed by atoms with Crippen LogP contribution in [0.2, 0.25) is 0 Å². The Morgan fingerprint density at radius 1 is 1.40 bits per heavy atom. The second-order valence-corrected chi connectivity index (χ2v) is 5.22. The number of hydrogen-bond acceptors (Lipinski definition) is 5. The summed E-state index contributed by atoms with van der Waals surface area (Å²) in [6.07, 6.45) is 1.75. The maximum atomic E-state index is 5.08. The summed E-state index contributed by atoms with van der Waals surface area (Å²) in [6, 6.07) is 1.78. The zero-order chi connectivity index (χ0) is 10.8. The van der Waals surface area contributed by atoms with Gasteiger partial charge in [0.15, 0.2) is 0 Å². The second-order valence-electron chi connectivity index (χ2n) is 2.81. The third-order valence-corrected chi connectivity index (χ3v) is 3.22. The van der Waals surface area contributed by atoms with Gasteiger partial charge in [-0.05, 0) is 22.9 Å². The predicted molar refractivity (Wildman–Crippen MR) is 62.1 cm³/mol. The highest BCUT2D eigenvalue weighted by Crippen LogP contribution is 2.28. The molecular weight excluding hydrogens is 278 g/mol. The molecule has 2 rings (SSSR count). The number of aromatic nitrogens is 3. The second kappa shape index (κ2) is 4.24. The fraction of sp³-hybridized carbons (Fsp3) is 0.222. The van der Waals surface area contributed by atoms with Gasteiger partial charge >= 0.3 is 0 Å². The minimum absolute atomic E-state index is 0.559. The molecule has 4 nitrogen and oxygen atoms in total. The zero-order valence-electron chi connectivity index (χ0n) is 8.19. The van der Waals surface area contributed by atoms with E-state index in [2.05, 4.69) is 30.9 Å². The van der Waals surface area contributed by atoms with Gasteiger partial charge in [-0.15, -0.1) is 11.3 Å². The molecule has 0 saturated carbocycles. The Kier molecular flexibility index (Phi) is 2.97. The van der Waals surface area contributed by atoms with Crippen molar-refractivity contribution >= 4 is 27.3 Å². The van der Waals surface area contributed by atoms with Crippen LogP contribution < -0.4 is 4.74 Å². The van der Waals surface area contributed by atoms with E-state index >= 15 is 0 Å². The number of hydrogen-bond donors (Lipinski definition) is 0. The van der Waals surface area contributed by atoms with Crippen LogP contribution >= 0.6 is 27.3 Å². The molecule has 0 aliphatic heterocycles. The maximum absolute atomic E-state index is 5.08. The van der Waals surface area contributed by atoms with Crippen LogP contribution in [0.25, 0.3) is 10.7 Å². The normalized spacial score (nSPS) is 10.3. The molecule has 0 aliphatic rings. The molecule has 78 valence electrons. The van der Waals surface area contributed by atoms with Crippen molar-refractivity contribution < 1.29 is 4.74 Å². The number of rotatable bonds is 2. The summed E-state index contributed by atoms with van der Waals surface area (Å²) in [6.45, 7) is 1.83. The Hall–Kier alpha value is -1.01. The summed E-state index contributed by atoms with van der Waals surface area (Å²) in [5.41, 5.74) is 0.787. The molecule has 0 N–H and O–H groups in total. The molecule has 15 heavy (non-hydrogen) atoms. The molecule has 0 saturated heterocycles. The van der Waals surface area contributed by atoms with Crippen LogP contribution in [0.3, 0.4) is 0 Å². The summed E-state index contributed by atoms with van der Waals surface area (Å²) in [5.74, 6) is 1.24. The van der Waals surface area contributed by atoms with Crippen LogP contribution in [0.5, 0.6) is 5.88 Å². The fourth-order valence-corrected chi connectivity index (χ4v) is 2.29. The van der Waals surface area contributed by atoms with Crippen molar-refractivity contribution in [3.63, 3.8) is 0 Å². The first-order chi connectivity index (χ1) is 7.19. The van der Waals surface area contributed by atoms with Crippen molar-refractivity contribution in [2.75, 3.05) is 7.11 Å². The molecular formula is C9H8BrN3OS. The SMILES string of the molecule is COc1cc(-c2ncc(Br)s2)nc(C)n1. The molecule has 0 spiro atoms. The van der Waals surface area contributed by atoms with Gasteiger partial charge in [-0.2, -0.15) is 4.98 Å². The molecule has 0 unspecified atom stereocenters. The quantitative estimate of drug-likeness (QED) is 0.851. The van der Waals surface area contributed by atoms with E-state index in [-0.39, 0.29) is 0 Å². The minimum atomic E-state index is 0.559. The van der Waals surface area contributed by atoms with E-state index in [1.54, 1.807) is 19.4 Å². The molecule has 0 fully saturated rings. The lowest BCUT2D eigenvalue weighted by Crippen LogP contribution is -1.95. The lowest BCUT2D eigenvalue weighted by molar-refractivity contribution is 0.396.